The Morgan fingerprint density at radius 1 is 0.925 bits per heavy atom. The van der Waals surface area contributed by atoms with E-state index in [0.29, 0.717) is 27.8 Å². The van der Waals surface area contributed by atoms with E-state index in [-0.39, 0.29) is 17.3 Å². The lowest BCUT2D eigenvalue weighted by Crippen LogP contribution is -2.51. The molecule has 1 unspecified atom stereocenters. The molecule has 0 fully saturated rings. The van der Waals surface area contributed by atoms with Crippen molar-refractivity contribution >= 4 is 50.7 Å². The third-order valence-electron chi connectivity index (χ3n) is 6.84. The zero-order valence-corrected chi connectivity index (χ0v) is 25.5. The Kier molecular flexibility index (Phi) is 11.0. The van der Waals surface area contributed by atoms with E-state index in [4.69, 9.17) is 23.2 Å². The number of carbonyl (C=O) groups is 2. The summed E-state index contributed by atoms with van der Waals surface area (Å²) in [6.45, 7) is 7.17. The van der Waals surface area contributed by atoms with E-state index in [1.54, 1.807) is 55.5 Å². The van der Waals surface area contributed by atoms with Crippen molar-refractivity contribution in [3.63, 3.8) is 0 Å². The van der Waals surface area contributed by atoms with Crippen molar-refractivity contribution in [3.05, 3.63) is 93.5 Å². The monoisotopic (exact) mass is 603 g/mol. The normalized spacial score (nSPS) is 12.1. The fraction of sp³-hybridized carbons (Fsp3) is 0.333. The van der Waals surface area contributed by atoms with Crippen LogP contribution in [0.5, 0.6) is 0 Å². The smallest absolute Gasteiger partial charge is 0.264 e. The first kappa shape index (κ1) is 31.5. The topological polar surface area (TPSA) is 86.8 Å². The van der Waals surface area contributed by atoms with E-state index in [9.17, 15) is 18.0 Å². The summed E-state index contributed by atoms with van der Waals surface area (Å²) in [6.07, 6.45) is 1.69. The molecule has 0 aliphatic carbocycles. The Morgan fingerprint density at radius 2 is 1.55 bits per heavy atom. The van der Waals surface area contributed by atoms with Gasteiger partial charge in [0.1, 0.15) is 12.6 Å². The lowest BCUT2D eigenvalue weighted by atomic mass is 10.1. The molecule has 214 valence electrons. The molecule has 0 aromatic heterocycles. The lowest BCUT2D eigenvalue weighted by molar-refractivity contribution is -0.139. The van der Waals surface area contributed by atoms with Gasteiger partial charge < -0.3 is 10.2 Å². The summed E-state index contributed by atoms with van der Waals surface area (Å²) < 4.78 is 29.0. The van der Waals surface area contributed by atoms with Crippen LogP contribution in [0.1, 0.15) is 43.4 Å². The first-order valence-corrected chi connectivity index (χ1v) is 15.3. The summed E-state index contributed by atoms with van der Waals surface area (Å²) >= 11 is 12.9. The number of benzene rings is 3. The molecule has 0 aliphatic rings. The van der Waals surface area contributed by atoms with Crippen LogP contribution in [0.4, 0.5) is 5.69 Å². The molecular weight excluding hydrogens is 569 g/mol. The molecule has 0 heterocycles. The van der Waals surface area contributed by atoms with Gasteiger partial charge in [0.05, 0.1) is 10.6 Å². The Hall–Kier alpha value is -3.07. The maximum Gasteiger partial charge on any atom is 0.264 e. The van der Waals surface area contributed by atoms with Crippen LogP contribution >= 0.6 is 23.2 Å². The van der Waals surface area contributed by atoms with Crippen molar-refractivity contribution < 1.29 is 18.0 Å². The predicted molar refractivity (Wildman–Crippen MR) is 161 cm³/mol. The van der Waals surface area contributed by atoms with Crippen LogP contribution in [0.25, 0.3) is 0 Å². The minimum Gasteiger partial charge on any atom is -0.354 e. The first-order valence-electron chi connectivity index (χ1n) is 13.1. The molecule has 0 saturated carbocycles. The number of hydrogen-bond donors (Lipinski definition) is 1. The molecule has 3 aromatic carbocycles. The number of nitrogens with one attached hydrogen (secondary N) is 1. The number of sulfonamides is 1. The SMILES string of the molecule is CCCCNC(=O)C(C)N(Cc1c(Cl)cccc1Cl)C(=O)CN(c1cccc(C)c1C)S(=O)(=O)c1ccccc1. The Morgan fingerprint density at radius 3 is 2.17 bits per heavy atom. The van der Waals surface area contributed by atoms with Crippen molar-refractivity contribution in [1.82, 2.24) is 10.2 Å². The summed E-state index contributed by atoms with van der Waals surface area (Å²) in [6, 6.07) is 17.3. The summed E-state index contributed by atoms with van der Waals surface area (Å²) in [5.74, 6) is -0.927. The van der Waals surface area contributed by atoms with Gasteiger partial charge in [0.15, 0.2) is 0 Å². The lowest BCUT2D eigenvalue weighted by Gasteiger charge is -2.33. The Bertz CT molecular complexity index is 1430. The van der Waals surface area contributed by atoms with Crippen LogP contribution in [0.2, 0.25) is 10.0 Å². The van der Waals surface area contributed by atoms with Crippen molar-refractivity contribution in [2.24, 2.45) is 0 Å². The highest BCUT2D eigenvalue weighted by molar-refractivity contribution is 7.92. The van der Waals surface area contributed by atoms with E-state index < -0.39 is 28.5 Å². The molecule has 7 nitrogen and oxygen atoms in total. The fourth-order valence-corrected chi connectivity index (χ4v) is 6.22. The number of unbranched alkanes of at least 4 members (excludes halogenated alkanes) is 1. The van der Waals surface area contributed by atoms with E-state index >= 15 is 0 Å². The standard InChI is InChI=1S/C30H35Cl2N3O4S/c1-5-6-18-33-30(37)23(4)34(19-25-26(31)15-11-16-27(25)32)29(36)20-35(28-17-10-12-21(2)22(28)3)40(38,39)24-13-8-7-9-14-24/h7-17,23H,5-6,18-20H2,1-4H3,(H,33,37). The summed E-state index contributed by atoms with van der Waals surface area (Å²) in [5, 5.41) is 3.54. The van der Waals surface area contributed by atoms with Crippen LogP contribution in [-0.4, -0.2) is 44.3 Å². The highest BCUT2D eigenvalue weighted by Crippen LogP contribution is 2.30. The molecule has 3 rings (SSSR count). The number of carbonyl (C=O) groups excluding carboxylic acids is 2. The van der Waals surface area contributed by atoms with Gasteiger partial charge in [-0.3, -0.25) is 13.9 Å². The maximum absolute atomic E-state index is 14.1. The zero-order valence-electron chi connectivity index (χ0n) is 23.2. The summed E-state index contributed by atoms with van der Waals surface area (Å²) in [5.41, 5.74) is 2.45. The molecule has 40 heavy (non-hydrogen) atoms. The number of halogens is 2. The minimum atomic E-state index is -4.14. The fourth-order valence-electron chi connectivity index (χ4n) is 4.21. The van der Waals surface area contributed by atoms with Crippen LogP contribution in [0.15, 0.2) is 71.6 Å². The van der Waals surface area contributed by atoms with Gasteiger partial charge in [0.2, 0.25) is 11.8 Å². The van der Waals surface area contributed by atoms with Gasteiger partial charge in [0.25, 0.3) is 10.0 Å². The summed E-state index contributed by atoms with van der Waals surface area (Å²) in [7, 11) is -4.14. The molecule has 1 N–H and O–H groups in total. The van der Waals surface area contributed by atoms with Gasteiger partial charge >= 0.3 is 0 Å². The van der Waals surface area contributed by atoms with Crippen LogP contribution in [0, 0.1) is 13.8 Å². The number of nitrogens with zero attached hydrogens (tertiary/aromatic N) is 2. The molecule has 0 aliphatic heterocycles. The largest absolute Gasteiger partial charge is 0.354 e. The number of hydrogen-bond acceptors (Lipinski definition) is 4. The second kappa shape index (κ2) is 14.0. The van der Waals surface area contributed by atoms with E-state index in [1.807, 2.05) is 26.8 Å². The first-order chi connectivity index (χ1) is 19.0. The van der Waals surface area contributed by atoms with Crippen LogP contribution in [-0.2, 0) is 26.2 Å². The van der Waals surface area contributed by atoms with Gasteiger partial charge in [-0.05, 0) is 68.7 Å². The van der Waals surface area contributed by atoms with Crippen molar-refractivity contribution in [2.45, 2.75) is 58.0 Å². The van der Waals surface area contributed by atoms with Crippen molar-refractivity contribution in [3.8, 4) is 0 Å². The molecule has 0 spiro atoms. The number of rotatable bonds is 12. The minimum absolute atomic E-state index is 0.0507. The van der Waals surface area contributed by atoms with Gasteiger partial charge in [-0.2, -0.15) is 0 Å². The highest BCUT2D eigenvalue weighted by atomic mass is 35.5. The van der Waals surface area contributed by atoms with E-state index in [1.165, 1.54) is 17.0 Å². The molecule has 0 radical (unpaired) electrons. The van der Waals surface area contributed by atoms with Gasteiger partial charge in [0, 0.05) is 28.7 Å². The predicted octanol–water partition coefficient (Wildman–Crippen LogP) is 6.14. The Labute approximate surface area is 247 Å². The second-order valence-corrected chi connectivity index (χ2v) is 12.3. The molecular formula is C30H35Cl2N3O4S. The van der Waals surface area contributed by atoms with Crippen LogP contribution < -0.4 is 9.62 Å². The Balaban J connectivity index is 2.07. The molecule has 1 atom stereocenters. The molecule has 2 amide bonds. The molecule has 10 heteroatoms. The summed E-state index contributed by atoms with van der Waals surface area (Å²) in [4.78, 5) is 28.5. The van der Waals surface area contributed by atoms with Crippen molar-refractivity contribution in [1.29, 1.82) is 0 Å². The maximum atomic E-state index is 14.1. The zero-order chi connectivity index (χ0) is 29.4. The third-order valence-corrected chi connectivity index (χ3v) is 9.32. The van der Waals surface area contributed by atoms with Crippen molar-refractivity contribution in [2.75, 3.05) is 17.4 Å². The molecule has 0 bridgehead atoms. The number of aryl methyl sites for hydroxylation is 1. The van der Waals surface area contributed by atoms with E-state index in [0.717, 1.165) is 28.3 Å². The molecule has 3 aromatic rings. The average molecular weight is 605 g/mol. The van der Waals surface area contributed by atoms with Gasteiger partial charge in [-0.25, -0.2) is 8.42 Å². The third kappa shape index (κ3) is 7.36. The second-order valence-electron chi connectivity index (χ2n) is 9.59. The number of amides is 2. The van der Waals surface area contributed by atoms with Crippen LogP contribution in [0.3, 0.4) is 0 Å². The number of anilines is 1. The van der Waals surface area contributed by atoms with E-state index in [2.05, 4.69) is 5.32 Å². The quantitative estimate of drug-likeness (QED) is 0.252. The highest BCUT2D eigenvalue weighted by Gasteiger charge is 2.33. The average Bonchev–Trinajstić information content (AvgIpc) is 2.93. The van der Waals surface area contributed by atoms with Gasteiger partial charge in [-0.1, -0.05) is 72.9 Å². The molecule has 0 saturated heterocycles. The van der Waals surface area contributed by atoms with Gasteiger partial charge in [-0.15, -0.1) is 0 Å².